The molecule has 4 rings (SSSR count). The van der Waals surface area contributed by atoms with Crippen LogP contribution in [-0.2, 0) is 7.05 Å². The molecule has 0 N–H and O–H groups in total. The molecule has 0 atom stereocenters. The summed E-state index contributed by atoms with van der Waals surface area (Å²) in [6.07, 6.45) is 9.76. The predicted molar refractivity (Wildman–Crippen MR) is 130 cm³/mol. The third kappa shape index (κ3) is 5.28. The summed E-state index contributed by atoms with van der Waals surface area (Å²) >= 11 is 4.38. The van der Waals surface area contributed by atoms with Crippen molar-refractivity contribution >= 4 is 57.0 Å². The van der Waals surface area contributed by atoms with E-state index in [0.29, 0.717) is 0 Å². The monoisotopic (exact) mass is 628 g/mol. The fourth-order valence-corrected chi connectivity index (χ4v) is 5.44. The molecular formula is C24H26I2N2S. The van der Waals surface area contributed by atoms with E-state index in [4.69, 9.17) is 0 Å². The second-order valence-electron chi connectivity index (χ2n) is 7.21. The molecule has 0 saturated carbocycles. The Bertz CT molecular complexity index is 1000. The van der Waals surface area contributed by atoms with Gasteiger partial charge in [-0.15, -0.1) is 0 Å². The molecule has 1 aliphatic rings. The molecule has 0 unspecified atom stereocenters. The lowest BCUT2D eigenvalue weighted by Gasteiger charge is -2.20. The molecule has 0 spiro atoms. The normalized spacial score (nSPS) is 14.3. The predicted octanol–water partition coefficient (Wildman–Crippen LogP) is 3.57. The molecular weight excluding hydrogens is 602 g/mol. The fraction of sp³-hybridized carbons (Fsp3) is 0.292. The van der Waals surface area contributed by atoms with Crippen LogP contribution in [0.5, 0.6) is 0 Å². The number of para-hydroxylation sites is 2. The van der Waals surface area contributed by atoms with Crippen LogP contribution in [-0.4, -0.2) is 11.0 Å². The van der Waals surface area contributed by atoms with Gasteiger partial charge in [-0.05, 0) is 47.1 Å². The van der Waals surface area contributed by atoms with Crippen LogP contribution < -0.4 is 33.4 Å². The van der Waals surface area contributed by atoms with Crippen molar-refractivity contribution in [3.63, 3.8) is 0 Å². The summed E-state index contributed by atoms with van der Waals surface area (Å²) in [6, 6.07) is 19.7. The number of aromatic nitrogens is 1. The SMILES string of the molecule is C[n+]1ccc(/C=C2\Sc3ccccc3N2CCCCCCI)c2ccccc21.[I-]. The molecule has 0 aliphatic carbocycles. The molecule has 5 heteroatoms. The van der Waals surface area contributed by atoms with E-state index < -0.39 is 0 Å². The number of thioether (sulfide) groups is 1. The van der Waals surface area contributed by atoms with E-state index >= 15 is 0 Å². The Balaban J connectivity index is 0.00000240. The third-order valence-corrected chi connectivity index (χ3v) is 7.13. The van der Waals surface area contributed by atoms with E-state index in [2.05, 4.69) is 106 Å². The first-order chi connectivity index (χ1) is 13.8. The van der Waals surface area contributed by atoms with Crippen LogP contribution in [0, 0.1) is 0 Å². The Morgan fingerprint density at radius 3 is 2.59 bits per heavy atom. The molecule has 152 valence electrons. The van der Waals surface area contributed by atoms with E-state index in [0.717, 1.165) is 6.54 Å². The highest BCUT2D eigenvalue weighted by atomic mass is 127. The Morgan fingerprint density at radius 1 is 0.966 bits per heavy atom. The molecule has 1 aliphatic heterocycles. The minimum atomic E-state index is 0. The van der Waals surface area contributed by atoms with Gasteiger partial charge in [0, 0.05) is 23.6 Å². The Morgan fingerprint density at radius 2 is 1.72 bits per heavy atom. The molecule has 0 radical (unpaired) electrons. The average Bonchev–Trinajstić information content (AvgIpc) is 3.07. The zero-order valence-corrected chi connectivity index (χ0v) is 21.8. The number of hydrogen-bond acceptors (Lipinski definition) is 2. The van der Waals surface area contributed by atoms with Crippen LogP contribution in [0.4, 0.5) is 5.69 Å². The summed E-state index contributed by atoms with van der Waals surface area (Å²) in [5.74, 6) is 0. The zero-order valence-electron chi connectivity index (χ0n) is 16.7. The van der Waals surface area contributed by atoms with E-state index in [1.165, 1.54) is 62.2 Å². The second kappa shape index (κ2) is 11.0. The number of hydrogen-bond donors (Lipinski definition) is 0. The van der Waals surface area contributed by atoms with Crippen molar-refractivity contribution in [3.05, 3.63) is 71.4 Å². The quantitative estimate of drug-likeness (QED) is 0.171. The summed E-state index contributed by atoms with van der Waals surface area (Å²) in [5, 5.41) is 2.65. The summed E-state index contributed by atoms with van der Waals surface area (Å²) in [5.41, 5.74) is 3.92. The Hall–Kier alpha value is -0.800. The fourth-order valence-electron chi connectivity index (χ4n) is 3.76. The number of nitrogens with zero attached hydrogens (tertiary/aromatic N) is 2. The van der Waals surface area contributed by atoms with Crippen molar-refractivity contribution in [3.8, 4) is 0 Å². The van der Waals surface area contributed by atoms with E-state index in [1.807, 2.05) is 11.8 Å². The topological polar surface area (TPSA) is 7.12 Å². The van der Waals surface area contributed by atoms with Gasteiger partial charge in [0.2, 0.25) is 5.52 Å². The molecule has 0 amide bonds. The van der Waals surface area contributed by atoms with Gasteiger partial charge in [-0.3, -0.25) is 0 Å². The molecule has 2 nitrogen and oxygen atoms in total. The Kier molecular flexibility index (Phi) is 8.68. The largest absolute Gasteiger partial charge is 1.00 e. The van der Waals surface area contributed by atoms with E-state index in [9.17, 15) is 0 Å². The molecule has 2 heterocycles. The highest BCUT2D eigenvalue weighted by Crippen LogP contribution is 2.46. The van der Waals surface area contributed by atoms with Gasteiger partial charge in [0.25, 0.3) is 0 Å². The molecule has 2 aromatic carbocycles. The van der Waals surface area contributed by atoms with Crippen molar-refractivity contribution in [2.45, 2.75) is 30.6 Å². The number of rotatable bonds is 7. The Labute approximate surface area is 208 Å². The first-order valence-corrected chi connectivity index (χ1v) is 12.3. The maximum atomic E-state index is 2.52. The van der Waals surface area contributed by atoms with Crippen LogP contribution in [0.1, 0.15) is 31.2 Å². The lowest BCUT2D eigenvalue weighted by Crippen LogP contribution is -3.00. The van der Waals surface area contributed by atoms with Crippen molar-refractivity contribution in [2.75, 3.05) is 15.9 Å². The van der Waals surface area contributed by atoms with Crippen LogP contribution in [0.3, 0.4) is 0 Å². The van der Waals surface area contributed by atoms with Gasteiger partial charge in [0.1, 0.15) is 7.05 Å². The van der Waals surface area contributed by atoms with Crippen molar-refractivity contribution in [1.29, 1.82) is 0 Å². The van der Waals surface area contributed by atoms with E-state index in [-0.39, 0.29) is 24.0 Å². The van der Waals surface area contributed by atoms with Crippen LogP contribution >= 0.6 is 34.4 Å². The lowest BCUT2D eigenvalue weighted by atomic mass is 10.1. The maximum Gasteiger partial charge on any atom is 0.212 e. The number of aryl methyl sites for hydroxylation is 1. The van der Waals surface area contributed by atoms with Crippen molar-refractivity contribution in [1.82, 2.24) is 0 Å². The van der Waals surface area contributed by atoms with Crippen LogP contribution in [0.15, 0.2) is 70.7 Å². The molecule has 0 saturated heterocycles. The number of unbranched alkanes of at least 4 members (excludes halogenated alkanes) is 3. The number of anilines is 1. The average molecular weight is 628 g/mol. The van der Waals surface area contributed by atoms with Gasteiger partial charge in [-0.1, -0.05) is 71.5 Å². The van der Waals surface area contributed by atoms with Crippen LogP contribution in [0.2, 0.25) is 0 Å². The number of benzene rings is 2. The summed E-state index contributed by atoms with van der Waals surface area (Å²) < 4.78 is 3.46. The van der Waals surface area contributed by atoms with E-state index in [1.54, 1.807) is 0 Å². The van der Waals surface area contributed by atoms with Crippen molar-refractivity contribution < 1.29 is 28.5 Å². The summed E-state index contributed by atoms with van der Waals surface area (Å²) in [4.78, 5) is 3.89. The summed E-state index contributed by atoms with van der Waals surface area (Å²) in [7, 11) is 2.11. The smallest absolute Gasteiger partial charge is 0.212 e. The van der Waals surface area contributed by atoms with Gasteiger partial charge >= 0.3 is 0 Å². The molecule has 1 aromatic heterocycles. The number of fused-ring (bicyclic) bond motifs is 2. The number of alkyl halides is 1. The molecule has 29 heavy (non-hydrogen) atoms. The standard InChI is InChI=1S/C24H26IN2S.HI/c1-26-17-14-19(20-10-4-5-11-21(20)26)18-24-27(16-9-3-2-8-15-25)22-12-6-7-13-23(22)28-24;/h4-7,10-14,17-18H,2-3,8-9,15-16H2,1H3;1H/q+1;/p-1. The zero-order chi connectivity index (χ0) is 19.3. The highest BCUT2D eigenvalue weighted by molar-refractivity contribution is 14.1. The van der Waals surface area contributed by atoms with Gasteiger partial charge in [-0.25, -0.2) is 4.57 Å². The number of halogens is 2. The van der Waals surface area contributed by atoms with Crippen LogP contribution in [0.25, 0.3) is 17.0 Å². The first-order valence-electron chi connectivity index (χ1n) is 9.97. The maximum absolute atomic E-state index is 2.52. The first kappa shape index (κ1) is 22.9. The van der Waals surface area contributed by atoms with Gasteiger partial charge in [0.05, 0.1) is 16.1 Å². The van der Waals surface area contributed by atoms with Gasteiger partial charge in [-0.2, -0.15) is 0 Å². The minimum absolute atomic E-state index is 0. The second-order valence-corrected chi connectivity index (χ2v) is 9.35. The molecule has 3 aromatic rings. The third-order valence-electron chi connectivity index (χ3n) is 5.25. The van der Waals surface area contributed by atoms with Crippen molar-refractivity contribution in [2.24, 2.45) is 7.05 Å². The number of pyridine rings is 1. The minimum Gasteiger partial charge on any atom is -1.00 e. The lowest BCUT2D eigenvalue weighted by molar-refractivity contribution is -0.644. The molecule has 0 bridgehead atoms. The highest BCUT2D eigenvalue weighted by Gasteiger charge is 2.24. The summed E-state index contributed by atoms with van der Waals surface area (Å²) in [6.45, 7) is 1.09. The van der Waals surface area contributed by atoms with Gasteiger partial charge in [0.15, 0.2) is 6.20 Å². The van der Waals surface area contributed by atoms with Gasteiger partial charge < -0.3 is 28.9 Å². The molecule has 0 fully saturated rings.